The van der Waals surface area contributed by atoms with Crippen LogP contribution in [0.1, 0.15) is 43.0 Å². The molecular weight excluding hydrogens is 319 g/mol. The number of aromatic nitrogens is 2. The number of nitrogens with zero attached hydrogens (tertiary/aromatic N) is 3. The summed E-state index contributed by atoms with van der Waals surface area (Å²) in [5.74, 6) is -0.161. The summed E-state index contributed by atoms with van der Waals surface area (Å²) in [5, 5.41) is 7.67. The fourth-order valence-electron chi connectivity index (χ4n) is 3.90. The molecule has 1 aromatic heterocycles. The molecule has 1 aliphatic carbocycles. The molecule has 1 aliphatic heterocycles. The number of carbonyl (C=O) groups excluding carboxylic acids is 1. The molecular formula is C19H23FN4O. The van der Waals surface area contributed by atoms with E-state index < -0.39 is 0 Å². The molecule has 1 fully saturated rings. The van der Waals surface area contributed by atoms with Crippen LogP contribution < -0.4 is 5.32 Å². The number of rotatable bonds is 4. The maximum Gasteiger partial charge on any atom is 0.234 e. The second-order valence-electron chi connectivity index (χ2n) is 6.93. The molecule has 2 heterocycles. The Morgan fingerprint density at radius 1 is 1.20 bits per heavy atom. The minimum absolute atomic E-state index is 0.0213. The predicted molar refractivity (Wildman–Crippen MR) is 93.0 cm³/mol. The minimum Gasteiger partial charge on any atom is -0.348 e. The topological polar surface area (TPSA) is 50.2 Å². The second kappa shape index (κ2) is 6.96. The van der Waals surface area contributed by atoms with E-state index in [0.29, 0.717) is 6.54 Å². The van der Waals surface area contributed by atoms with Gasteiger partial charge < -0.3 is 5.32 Å². The largest absolute Gasteiger partial charge is 0.348 e. The molecule has 0 unspecified atom stereocenters. The van der Waals surface area contributed by atoms with Crippen molar-refractivity contribution in [2.75, 3.05) is 19.6 Å². The lowest BCUT2D eigenvalue weighted by Gasteiger charge is -2.25. The number of hydrogen-bond donors (Lipinski definition) is 1. The van der Waals surface area contributed by atoms with Crippen LogP contribution in [-0.4, -0.2) is 40.2 Å². The number of nitrogens with one attached hydrogen (secondary N) is 1. The first kappa shape index (κ1) is 16.3. The number of fused-ring (bicyclic) bond motifs is 1. The Bertz CT molecular complexity index is 749. The molecule has 1 saturated heterocycles. The SMILES string of the molecule is O=C(CN1CCCC1)N[C@@H]1CCCc2c1cnn2-c1ccc(F)cc1. The van der Waals surface area contributed by atoms with Gasteiger partial charge in [-0.3, -0.25) is 9.69 Å². The molecule has 1 atom stereocenters. The van der Waals surface area contributed by atoms with Crippen LogP contribution >= 0.6 is 0 Å². The van der Waals surface area contributed by atoms with E-state index in [4.69, 9.17) is 0 Å². The van der Waals surface area contributed by atoms with Gasteiger partial charge in [-0.05, 0) is 69.5 Å². The number of likely N-dealkylation sites (tertiary alicyclic amines) is 1. The minimum atomic E-state index is -0.253. The molecule has 1 N–H and O–H groups in total. The Kier molecular flexibility index (Phi) is 4.53. The molecule has 0 radical (unpaired) electrons. The number of halogens is 1. The summed E-state index contributed by atoms with van der Waals surface area (Å²) in [6.45, 7) is 2.52. The van der Waals surface area contributed by atoms with E-state index >= 15 is 0 Å². The number of benzene rings is 1. The van der Waals surface area contributed by atoms with Gasteiger partial charge in [0.05, 0.1) is 24.5 Å². The zero-order chi connectivity index (χ0) is 17.2. The molecule has 0 bridgehead atoms. The average Bonchev–Trinajstić information content (AvgIpc) is 3.26. The highest BCUT2D eigenvalue weighted by Crippen LogP contribution is 2.31. The predicted octanol–water partition coefficient (Wildman–Crippen LogP) is 2.60. The fourth-order valence-corrected chi connectivity index (χ4v) is 3.90. The molecule has 132 valence electrons. The van der Waals surface area contributed by atoms with Gasteiger partial charge in [-0.1, -0.05) is 0 Å². The zero-order valence-electron chi connectivity index (χ0n) is 14.2. The molecule has 25 heavy (non-hydrogen) atoms. The lowest BCUT2D eigenvalue weighted by atomic mass is 9.93. The van der Waals surface area contributed by atoms with E-state index in [-0.39, 0.29) is 17.8 Å². The summed E-state index contributed by atoms with van der Waals surface area (Å²) >= 11 is 0. The van der Waals surface area contributed by atoms with Crippen LogP contribution in [0.15, 0.2) is 30.5 Å². The molecule has 5 nitrogen and oxygen atoms in total. The average molecular weight is 342 g/mol. The highest BCUT2D eigenvalue weighted by molar-refractivity contribution is 5.78. The van der Waals surface area contributed by atoms with Crippen molar-refractivity contribution < 1.29 is 9.18 Å². The van der Waals surface area contributed by atoms with Crippen LogP contribution in [0.4, 0.5) is 4.39 Å². The molecule has 1 aromatic carbocycles. The van der Waals surface area contributed by atoms with Crippen LogP contribution in [-0.2, 0) is 11.2 Å². The first-order valence-corrected chi connectivity index (χ1v) is 9.05. The smallest absolute Gasteiger partial charge is 0.234 e. The molecule has 6 heteroatoms. The van der Waals surface area contributed by atoms with Crippen LogP contribution in [0.3, 0.4) is 0 Å². The maximum atomic E-state index is 13.2. The van der Waals surface area contributed by atoms with Gasteiger partial charge in [0.1, 0.15) is 5.82 Å². The summed E-state index contributed by atoms with van der Waals surface area (Å²) in [5.41, 5.74) is 3.06. The number of hydrogen-bond acceptors (Lipinski definition) is 3. The zero-order valence-corrected chi connectivity index (χ0v) is 14.2. The van der Waals surface area contributed by atoms with Crippen molar-refractivity contribution in [2.45, 2.75) is 38.1 Å². The summed E-state index contributed by atoms with van der Waals surface area (Å²) in [6.07, 6.45) is 7.09. The van der Waals surface area contributed by atoms with Crippen LogP contribution in [0.2, 0.25) is 0 Å². The Balaban J connectivity index is 1.50. The molecule has 0 spiro atoms. The van der Waals surface area contributed by atoms with Gasteiger partial charge in [0, 0.05) is 11.3 Å². The third kappa shape index (κ3) is 3.44. The number of carbonyl (C=O) groups is 1. The highest BCUT2D eigenvalue weighted by Gasteiger charge is 2.26. The summed E-state index contributed by atoms with van der Waals surface area (Å²) < 4.78 is 15.0. The molecule has 1 amide bonds. The van der Waals surface area contributed by atoms with E-state index in [1.54, 1.807) is 12.1 Å². The lowest BCUT2D eigenvalue weighted by Crippen LogP contribution is -2.38. The van der Waals surface area contributed by atoms with E-state index in [0.717, 1.165) is 49.3 Å². The van der Waals surface area contributed by atoms with Crippen molar-refractivity contribution in [1.82, 2.24) is 20.0 Å². The molecule has 2 aromatic rings. The second-order valence-corrected chi connectivity index (χ2v) is 6.93. The highest BCUT2D eigenvalue weighted by atomic mass is 19.1. The Morgan fingerprint density at radius 3 is 2.72 bits per heavy atom. The van der Waals surface area contributed by atoms with Crippen molar-refractivity contribution in [3.05, 3.63) is 47.5 Å². The van der Waals surface area contributed by atoms with Gasteiger partial charge in [-0.25, -0.2) is 9.07 Å². The summed E-state index contributed by atoms with van der Waals surface area (Å²) in [4.78, 5) is 14.6. The maximum absolute atomic E-state index is 13.2. The van der Waals surface area contributed by atoms with Gasteiger partial charge in [0.15, 0.2) is 0 Å². The van der Waals surface area contributed by atoms with Crippen molar-refractivity contribution in [1.29, 1.82) is 0 Å². The first-order chi connectivity index (χ1) is 12.2. The summed E-state index contributed by atoms with van der Waals surface area (Å²) in [6, 6.07) is 6.38. The normalized spacial score (nSPS) is 20.4. The first-order valence-electron chi connectivity index (χ1n) is 9.05. The van der Waals surface area contributed by atoms with E-state index in [2.05, 4.69) is 15.3 Å². The van der Waals surface area contributed by atoms with Crippen LogP contribution in [0.25, 0.3) is 5.69 Å². The van der Waals surface area contributed by atoms with Crippen molar-refractivity contribution >= 4 is 5.91 Å². The van der Waals surface area contributed by atoms with E-state index in [1.807, 2.05) is 10.9 Å². The quantitative estimate of drug-likeness (QED) is 0.929. The summed E-state index contributed by atoms with van der Waals surface area (Å²) in [7, 11) is 0. The van der Waals surface area contributed by atoms with E-state index in [1.165, 1.54) is 25.0 Å². The van der Waals surface area contributed by atoms with Crippen molar-refractivity contribution in [3.63, 3.8) is 0 Å². The fraction of sp³-hybridized carbons (Fsp3) is 0.474. The Hall–Kier alpha value is -2.21. The van der Waals surface area contributed by atoms with Gasteiger partial charge >= 0.3 is 0 Å². The molecule has 0 saturated carbocycles. The standard InChI is InChI=1S/C19H23FN4O/c20-14-6-8-15(9-7-14)24-18-5-3-4-17(16(18)12-21-24)22-19(25)13-23-10-1-2-11-23/h6-9,12,17H,1-5,10-11,13H2,(H,22,25)/t17-/m1/s1. The van der Waals surface area contributed by atoms with Gasteiger partial charge in [-0.15, -0.1) is 0 Å². The van der Waals surface area contributed by atoms with Gasteiger partial charge in [-0.2, -0.15) is 5.10 Å². The van der Waals surface area contributed by atoms with Crippen LogP contribution in [0.5, 0.6) is 0 Å². The lowest BCUT2D eigenvalue weighted by molar-refractivity contribution is -0.122. The van der Waals surface area contributed by atoms with E-state index in [9.17, 15) is 9.18 Å². The monoisotopic (exact) mass is 342 g/mol. The van der Waals surface area contributed by atoms with Crippen molar-refractivity contribution in [3.8, 4) is 5.69 Å². The van der Waals surface area contributed by atoms with Crippen LogP contribution in [0, 0.1) is 5.82 Å². The molecule has 4 rings (SSSR count). The van der Waals surface area contributed by atoms with Crippen molar-refractivity contribution in [2.24, 2.45) is 0 Å². The number of amides is 1. The van der Waals surface area contributed by atoms with Gasteiger partial charge in [0.25, 0.3) is 0 Å². The Morgan fingerprint density at radius 2 is 1.96 bits per heavy atom. The third-order valence-corrected chi connectivity index (χ3v) is 5.16. The third-order valence-electron chi connectivity index (χ3n) is 5.16. The van der Waals surface area contributed by atoms with Gasteiger partial charge in [0.2, 0.25) is 5.91 Å². The Labute approximate surface area is 146 Å². The molecule has 2 aliphatic rings.